The quantitative estimate of drug-likeness (QED) is 0.813. The zero-order valence-corrected chi connectivity index (χ0v) is 13.7. The van der Waals surface area contributed by atoms with Gasteiger partial charge >= 0.3 is 0 Å². The molecule has 0 aliphatic carbocycles. The van der Waals surface area contributed by atoms with Crippen molar-refractivity contribution in [2.24, 2.45) is 0 Å². The molecule has 0 bridgehead atoms. The lowest BCUT2D eigenvalue weighted by molar-refractivity contribution is 0.134. The van der Waals surface area contributed by atoms with Gasteiger partial charge in [0.05, 0.1) is 11.5 Å². The number of ether oxygens (including phenoxy) is 1. The lowest BCUT2D eigenvalue weighted by Crippen LogP contribution is -2.26. The Hall–Kier alpha value is -1.51. The summed E-state index contributed by atoms with van der Waals surface area (Å²) in [5.41, 5.74) is 0.819. The lowest BCUT2D eigenvalue weighted by atomic mass is 10.2. The second-order valence-corrected chi connectivity index (χ2v) is 7.49. The van der Waals surface area contributed by atoms with E-state index in [2.05, 4.69) is 10.2 Å². The second kappa shape index (κ2) is 6.50. The van der Waals surface area contributed by atoms with Crippen LogP contribution in [0, 0.1) is 6.92 Å². The minimum atomic E-state index is -3.64. The Morgan fingerprint density at radius 3 is 2.71 bits per heavy atom. The molecule has 0 unspecified atom stereocenters. The minimum Gasteiger partial charge on any atom is -0.377 e. The van der Waals surface area contributed by atoms with E-state index in [9.17, 15) is 8.42 Å². The fraction of sp³-hybridized carbons (Fsp3) is 0.385. The molecule has 0 radical (unpaired) electrons. The van der Waals surface area contributed by atoms with E-state index in [0.717, 1.165) is 14.9 Å². The molecule has 0 saturated carbocycles. The summed E-state index contributed by atoms with van der Waals surface area (Å²) in [6, 6.07) is 6.73. The van der Waals surface area contributed by atoms with Crippen LogP contribution < -0.4 is 4.31 Å². The van der Waals surface area contributed by atoms with Crippen LogP contribution in [0.5, 0.6) is 0 Å². The van der Waals surface area contributed by atoms with Crippen molar-refractivity contribution < 1.29 is 13.2 Å². The Balaban J connectivity index is 2.30. The number of sulfonamides is 1. The monoisotopic (exact) mass is 327 g/mol. The summed E-state index contributed by atoms with van der Waals surface area (Å²) in [5, 5.41) is 8.78. The van der Waals surface area contributed by atoms with Crippen molar-refractivity contribution in [1.82, 2.24) is 10.2 Å². The van der Waals surface area contributed by atoms with Crippen LogP contribution in [0.2, 0.25) is 0 Å². The lowest BCUT2D eigenvalue weighted by Gasteiger charge is -2.16. The van der Waals surface area contributed by atoms with Gasteiger partial charge in [-0.15, -0.1) is 10.2 Å². The zero-order chi connectivity index (χ0) is 15.5. The SMILES string of the molecule is CCOCc1cccc(S(=O)(=O)N(C)c2nnc(C)s2)c1. The number of aryl methyl sites for hydroxylation is 1. The van der Waals surface area contributed by atoms with Gasteiger partial charge in [0.1, 0.15) is 5.01 Å². The van der Waals surface area contributed by atoms with Gasteiger partial charge in [-0.05, 0) is 31.5 Å². The summed E-state index contributed by atoms with van der Waals surface area (Å²) in [7, 11) is -2.16. The highest BCUT2D eigenvalue weighted by atomic mass is 32.2. The van der Waals surface area contributed by atoms with Crippen LogP contribution in [0.1, 0.15) is 17.5 Å². The van der Waals surface area contributed by atoms with Gasteiger partial charge in [0.15, 0.2) is 0 Å². The number of rotatable bonds is 6. The molecule has 6 nitrogen and oxygen atoms in total. The average Bonchev–Trinajstić information content (AvgIpc) is 2.91. The molecule has 21 heavy (non-hydrogen) atoms. The molecule has 0 aliphatic rings. The van der Waals surface area contributed by atoms with E-state index in [-0.39, 0.29) is 4.90 Å². The van der Waals surface area contributed by atoms with Gasteiger partial charge in [0, 0.05) is 13.7 Å². The zero-order valence-electron chi connectivity index (χ0n) is 12.1. The molecular weight excluding hydrogens is 310 g/mol. The maximum absolute atomic E-state index is 12.6. The fourth-order valence-electron chi connectivity index (χ4n) is 1.69. The molecule has 0 amide bonds. The van der Waals surface area contributed by atoms with Gasteiger partial charge in [-0.2, -0.15) is 0 Å². The van der Waals surface area contributed by atoms with Crippen molar-refractivity contribution in [2.45, 2.75) is 25.3 Å². The highest BCUT2D eigenvalue weighted by Crippen LogP contribution is 2.25. The topological polar surface area (TPSA) is 72.4 Å². The van der Waals surface area contributed by atoms with Crippen molar-refractivity contribution >= 4 is 26.5 Å². The molecular formula is C13H17N3O3S2. The third kappa shape index (κ3) is 3.58. The first-order valence-corrected chi connectivity index (χ1v) is 8.66. The number of hydrogen-bond donors (Lipinski definition) is 0. The number of nitrogens with zero attached hydrogens (tertiary/aromatic N) is 3. The third-order valence-electron chi connectivity index (χ3n) is 2.81. The maximum atomic E-state index is 12.6. The minimum absolute atomic E-state index is 0.218. The maximum Gasteiger partial charge on any atom is 0.265 e. The van der Waals surface area contributed by atoms with Gasteiger partial charge in [-0.25, -0.2) is 12.7 Å². The summed E-state index contributed by atoms with van der Waals surface area (Å²) in [6.45, 7) is 4.65. The normalized spacial score (nSPS) is 11.6. The van der Waals surface area contributed by atoms with Crippen molar-refractivity contribution in [1.29, 1.82) is 0 Å². The van der Waals surface area contributed by atoms with E-state index in [1.54, 1.807) is 25.1 Å². The predicted octanol–water partition coefficient (Wildman–Crippen LogP) is 2.21. The fourth-order valence-corrected chi connectivity index (χ4v) is 3.76. The summed E-state index contributed by atoms with van der Waals surface area (Å²) in [5.74, 6) is 0. The Kier molecular flexibility index (Phi) is 4.92. The number of anilines is 1. The molecule has 1 heterocycles. The molecule has 8 heteroatoms. The molecule has 1 aromatic carbocycles. The largest absolute Gasteiger partial charge is 0.377 e. The van der Waals surface area contributed by atoms with Gasteiger partial charge in [-0.3, -0.25) is 0 Å². The Bertz CT molecular complexity index is 713. The Morgan fingerprint density at radius 1 is 1.33 bits per heavy atom. The van der Waals surface area contributed by atoms with Gasteiger partial charge in [0.2, 0.25) is 5.13 Å². The van der Waals surface area contributed by atoms with Crippen LogP contribution in [0.25, 0.3) is 0 Å². The summed E-state index contributed by atoms with van der Waals surface area (Å²) >= 11 is 1.24. The van der Waals surface area contributed by atoms with E-state index < -0.39 is 10.0 Å². The van der Waals surface area contributed by atoms with E-state index in [4.69, 9.17) is 4.74 Å². The molecule has 0 spiro atoms. The predicted molar refractivity (Wildman–Crippen MR) is 82.0 cm³/mol. The van der Waals surface area contributed by atoms with E-state index in [1.165, 1.54) is 18.4 Å². The Morgan fingerprint density at radius 2 is 2.10 bits per heavy atom. The molecule has 2 rings (SSSR count). The standard InChI is InChI=1S/C13H17N3O3S2/c1-4-19-9-11-6-5-7-12(8-11)21(17,18)16(3)13-15-14-10(2)20-13/h5-8H,4,9H2,1-3H3. The summed E-state index contributed by atoms with van der Waals surface area (Å²) < 4.78 is 31.6. The molecule has 1 aromatic heterocycles. The van der Waals surface area contributed by atoms with E-state index >= 15 is 0 Å². The van der Waals surface area contributed by atoms with Crippen LogP contribution in [0.15, 0.2) is 29.2 Å². The van der Waals surface area contributed by atoms with Gasteiger partial charge < -0.3 is 4.74 Å². The summed E-state index contributed by atoms with van der Waals surface area (Å²) in [4.78, 5) is 0.218. The molecule has 0 N–H and O–H groups in total. The third-order valence-corrected chi connectivity index (χ3v) is 5.59. The first-order chi connectivity index (χ1) is 9.95. The highest BCUT2D eigenvalue weighted by Gasteiger charge is 2.24. The molecule has 0 saturated heterocycles. The number of hydrogen-bond acceptors (Lipinski definition) is 6. The molecule has 2 aromatic rings. The van der Waals surface area contributed by atoms with Crippen molar-refractivity contribution in [3.05, 3.63) is 34.8 Å². The van der Waals surface area contributed by atoms with Crippen LogP contribution >= 0.6 is 11.3 Å². The van der Waals surface area contributed by atoms with Gasteiger partial charge in [0.25, 0.3) is 10.0 Å². The van der Waals surface area contributed by atoms with Crippen LogP contribution in [-0.2, 0) is 21.4 Å². The first kappa shape index (κ1) is 15.9. The van der Waals surface area contributed by atoms with E-state index in [0.29, 0.717) is 18.3 Å². The second-order valence-electron chi connectivity index (χ2n) is 4.36. The number of benzene rings is 1. The summed E-state index contributed by atoms with van der Waals surface area (Å²) in [6.07, 6.45) is 0. The molecule has 0 atom stereocenters. The van der Waals surface area contributed by atoms with Crippen molar-refractivity contribution in [3.8, 4) is 0 Å². The van der Waals surface area contributed by atoms with Crippen LogP contribution in [0.3, 0.4) is 0 Å². The molecule has 0 fully saturated rings. The van der Waals surface area contributed by atoms with Gasteiger partial charge in [-0.1, -0.05) is 23.5 Å². The Labute approximate surface area is 128 Å². The highest BCUT2D eigenvalue weighted by molar-refractivity contribution is 7.93. The van der Waals surface area contributed by atoms with Crippen molar-refractivity contribution in [2.75, 3.05) is 18.0 Å². The van der Waals surface area contributed by atoms with Crippen LogP contribution in [-0.4, -0.2) is 32.3 Å². The van der Waals surface area contributed by atoms with Crippen LogP contribution in [0.4, 0.5) is 5.13 Å². The first-order valence-electron chi connectivity index (χ1n) is 6.41. The smallest absolute Gasteiger partial charge is 0.265 e. The average molecular weight is 327 g/mol. The number of aromatic nitrogens is 2. The van der Waals surface area contributed by atoms with E-state index in [1.807, 2.05) is 13.0 Å². The molecule has 0 aliphatic heterocycles. The molecule has 114 valence electrons. The van der Waals surface area contributed by atoms with Crippen molar-refractivity contribution in [3.63, 3.8) is 0 Å².